The number of piperidine rings is 1. The smallest absolute Gasteiger partial charge is 0.282 e. The maximum Gasteiger partial charge on any atom is 0.282 e. The van der Waals surface area contributed by atoms with Crippen molar-refractivity contribution in [2.75, 3.05) is 20.2 Å². The minimum Gasteiger partial charge on any atom is -0.480 e. The molecule has 0 saturated carbocycles. The Bertz CT molecular complexity index is 1130. The Labute approximate surface area is 164 Å². The number of methoxy groups -OCH3 is 1. The van der Waals surface area contributed by atoms with Crippen molar-refractivity contribution in [3.63, 3.8) is 0 Å². The molecule has 0 radical (unpaired) electrons. The van der Waals surface area contributed by atoms with Gasteiger partial charge in [0.15, 0.2) is 16.5 Å². The molecule has 1 amide bonds. The minimum absolute atomic E-state index is 0.00513. The lowest BCUT2D eigenvalue weighted by atomic mass is 9.96. The molecule has 5 rings (SSSR count). The van der Waals surface area contributed by atoms with Crippen molar-refractivity contribution < 1.29 is 9.53 Å². The minimum atomic E-state index is 0.00513. The zero-order valence-corrected chi connectivity index (χ0v) is 16.1. The van der Waals surface area contributed by atoms with Gasteiger partial charge < -0.3 is 9.64 Å². The van der Waals surface area contributed by atoms with Gasteiger partial charge in [0.25, 0.3) is 5.91 Å². The first-order valence-electron chi connectivity index (χ1n) is 9.14. The van der Waals surface area contributed by atoms with Gasteiger partial charge >= 0.3 is 0 Å². The van der Waals surface area contributed by atoms with Gasteiger partial charge in [0.05, 0.1) is 17.3 Å². The van der Waals surface area contributed by atoms with E-state index >= 15 is 0 Å². The van der Waals surface area contributed by atoms with Gasteiger partial charge in [-0.3, -0.25) is 4.79 Å². The van der Waals surface area contributed by atoms with Crippen LogP contribution in [0.5, 0.6) is 5.88 Å². The molecule has 1 fully saturated rings. The van der Waals surface area contributed by atoms with E-state index in [9.17, 15) is 4.79 Å². The van der Waals surface area contributed by atoms with Crippen LogP contribution in [-0.2, 0) is 0 Å². The molecular weight excluding hydrogens is 376 g/mol. The molecule has 4 aromatic rings. The van der Waals surface area contributed by atoms with Crippen molar-refractivity contribution in [3.05, 3.63) is 47.2 Å². The lowest BCUT2D eigenvalue weighted by Crippen LogP contribution is -2.38. The van der Waals surface area contributed by atoms with Gasteiger partial charge in [0.1, 0.15) is 0 Å². The number of rotatable bonds is 3. The summed E-state index contributed by atoms with van der Waals surface area (Å²) in [5.41, 5.74) is 1.57. The molecule has 0 spiro atoms. The average Bonchev–Trinajstić information content (AvgIpc) is 3.37. The van der Waals surface area contributed by atoms with E-state index in [1.807, 2.05) is 35.2 Å². The van der Waals surface area contributed by atoms with Crippen LogP contribution in [0.15, 0.2) is 36.4 Å². The van der Waals surface area contributed by atoms with Gasteiger partial charge in [-0.25, -0.2) is 4.98 Å². The Balaban J connectivity index is 1.33. The fourth-order valence-electron chi connectivity index (χ4n) is 3.59. The quantitative estimate of drug-likeness (QED) is 0.531. The summed E-state index contributed by atoms with van der Waals surface area (Å²) in [5.74, 6) is 1.55. The number of benzene rings is 1. The molecule has 1 aromatic carbocycles. The molecule has 0 atom stereocenters. The van der Waals surface area contributed by atoms with E-state index in [2.05, 4.69) is 20.3 Å². The Morgan fingerprint density at radius 3 is 2.75 bits per heavy atom. The lowest BCUT2D eigenvalue weighted by molar-refractivity contribution is 0.0710. The third-order valence-electron chi connectivity index (χ3n) is 5.10. The number of hydrogen-bond acceptors (Lipinski definition) is 7. The van der Waals surface area contributed by atoms with Crippen molar-refractivity contribution in [2.45, 2.75) is 18.8 Å². The highest BCUT2D eigenvalue weighted by molar-refractivity contribution is 7.20. The van der Waals surface area contributed by atoms with Crippen LogP contribution in [0.3, 0.4) is 0 Å². The summed E-state index contributed by atoms with van der Waals surface area (Å²) in [5, 5.41) is 13.5. The average molecular weight is 394 g/mol. The largest absolute Gasteiger partial charge is 0.480 e. The lowest BCUT2D eigenvalue weighted by Gasteiger charge is -2.30. The van der Waals surface area contributed by atoms with Crippen LogP contribution in [0.25, 0.3) is 15.9 Å². The molecule has 0 aliphatic carbocycles. The van der Waals surface area contributed by atoms with Crippen molar-refractivity contribution in [3.8, 4) is 5.88 Å². The number of carbonyl (C=O) groups is 1. The van der Waals surface area contributed by atoms with Crippen LogP contribution in [0.4, 0.5) is 0 Å². The molecule has 0 unspecified atom stereocenters. The van der Waals surface area contributed by atoms with E-state index in [1.54, 1.807) is 17.7 Å². The summed E-state index contributed by atoms with van der Waals surface area (Å²) < 4.78 is 7.99. The third-order valence-corrected chi connectivity index (χ3v) is 6.12. The van der Waals surface area contributed by atoms with E-state index in [0.29, 0.717) is 29.6 Å². The fourth-order valence-corrected chi connectivity index (χ4v) is 4.53. The second-order valence-electron chi connectivity index (χ2n) is 6.76. The topological polar surface area (TPSA) is 85.5 Å². The molecule has 1 aliphatic rings. The molecule has 142 valence electrons. The maximum absolute atomic E-state index is 12.9. The first-order chi connectivity index (χ1) is 13.7. The Kier molecular flexibility index (Phi) is 4.16. The van der Waals surface area contributed by atoms with E-state index < -0.39 is 0 Å². The first kappa shape index (κ1) is 17.1. The summed E-state index contributed by atoms with van der Waals surface area (Å²) in [6, 6.07) is 11.4. The molecule has 0 bridgehead atoms. The van der Waals surface area contributed by atoms with E-state index in [0.717, 1.165) is 28.9 Å². The number of thiazole rings is 1. The predicted octanol–water partition coefficient (Wildman–Crippen LogP) is 2.76. The van der Waals surface area contributed by atoms with Gasteiger partial charge in [-0.2, -0.15) is 4.52 Å². The molecule has 0 N–H and O–H groups in total. The van der Waals surface area contributed by atoms with Gasteiger partial charge in [-0.15, -0.1) is 26.6 Å². The van der Waals surface area contributed by atoms with Gasteiger partial charge in [-0.1, -0.05) is 12.1 Å². The van der Waals surface area contributed by atoms with Crippen LogP contribution in [0.2, 0.25) is 0 Å². The second kappa shape index (κ2) is 6.83. The van der Waals surface area contributed by atoms with Crippen molar-refractivity contribution >= 4 is 33.1 Å². The van der Waals surface area contributed by atoms with Crippen LogP contribution in [0.1, 0.15) is 34.4 Å². The predicted molar refractivity (Wildman–Crippen MR) is 105 cm³/mol. The third kappa shape index (κ3) is 2.88. The highest BCUT2D eigenvalue weighted by Crippen LogP contribution is 2.29. The number of aromatic nitrogens is 5. The normalized spacial score (nSPS) is 15.4. The van der Waals surface area contributed by atoms with Crippen molar-refractivity contribution in [2.24, 2.45) is 0 Å². The number of para-hydroxylation sites is 1. The molecule has 1 saturated heterocycles. The Hall–Kier alpha value is -3.07. The number of likely N-dealkylation sites (tertiary alicyclic amines) is 1. The Morgan fingerprint density at radius 1 is 1.14 bits per heavy atom. The number of carbonyl (C=O) groups excluding carboxylic acids is 1. The highest BCUT2D eigenvalue weighted by atomic mass is 32.1. The first-order valence-corrected chi connectivity index (χ1v) is 9.96. The van der Waals surface area contributed by atoms with Crippen molar-refractivity contribution in [1.29, 1.82) is 0 Å². The molecule has 8 nitrogen and oxygen atoms in total. The summed E-state index contributed by atoms with van der Waals surface area (Å²) in [4.78, 5) is 19.2. The number of nitrogens with zero attached hydrogens (tertiary/aromatic N) is 6. The Morgan fingerprint density at radius 2 is 1.96 bits per heavy atom. The monoisotopic (exact) mass is 394 g/mol. The summed E-state index contributed by atoms with van der Waals surface area (Å²) >= 11 is 1.45. The standard InChI is InChI=1S/C19H18N6O2S/c1-27-16-7-6-15-21-22-17(25(15)23-16)12-8-10-24(11-9-12)19(26)18-20-13-4-2-3-5-14(13)28-18/h2-7,12H,8-11H2,1H3. The summed E-state index contributed by atoms with van der Waals surface area (Å²) in [7, 11) is 1.59. The second-order valence-corrected chi connectivity index (χ2v) is 7.79. The van der Waals surface area contributed by atoms with Gasteiger partial charge in [-0.05, 0) is 31.0 Å². The van der Waals surface area contributed by atoms with Crippen molar-refractivity contribution in [1.82, 2.24) is 29.7 Å². The number of amides is 1. The molecule has 3 aromatic heterocycles. The van der Waals surface area contributed by atoms with E-state index in [-0.39, 0.29) is 11.8 Å². The number of fused-ring (bicyclic) bond motifs is 2. The number of ether oxygens (including phenoxy) is 1. The zero-order chi connectivity index (χ0) is 19.1. The summed E-state index contributed by atoms with van der Waals surface area (Å²) in [6.45, 7) is 1.33. The van der Waals surface area contributed by atoms with Crippen LogP contribution >= 0.6 is 11.3 Å². The summed E-state index contributed by atoms with van der Waals surface area (Å²) in [6.07, 6.45) is 1.63. The van der Waals surface area contributed by atoms with Crippen LogP contribution in [0, 0.1) is 0 Å². The van der Waals surface area contributed by atoms with E-state index in [4.69, 9.17) is 4.74 Å². The van der Waals surface area contributed by atoms with Gasteiger partial charge in [0, 0.05) is 25.1 Å². The van der Waals surface area contributed by atoms with Crippen LogP contribution in [-0.4, -0.2) is 55.8 Å². The van der Waals surface area contributed by atoms with E-state index in [1.165, 1.54) is 11.3 Å². The zero-order valence-electron chi connectivity index (χ0n) is 15.3. The highest BCUT2D eigenvalue weighted by Gasteiger charge is 2.29. The number of hydrogen-bond donors (Lipinski definition) is 0. The molecule has 4 heterocycles. The molecule has 1 aliphatic heterocycles. The van der Waals surface area contributed by atoms with Gasteiger partial charge in [0.2, 0.25) is 5.88 Å². The maximum atomic E-state index is 12.9. The SMILES string of the molecule is COc1ccc2nnc(C3CCN(C(=O)c4nc5ccccc5s4)CC3)n2n1. The molecular formula is C19H18N6O2S. The molecule has 28 heavy (non-hydrogen) atoms. The molecule has 9 heteroatoms. The van der Waals surface area contributed by atoms with Crippen LogP contribution < -0.4 is 4.74 Å². The fraction of sp³-hybridized carbons (Fsp3) is 0.316.